The first-order chi connectivity index (χ1) is 8.86. The van der Waals surface area contributed by atoms with Gasteiger partial charge in [0, 0.05) is 42.8 Å². The zero-order valence-electron chi connectivity index (χ0n) is 10.5. The van der Waals surface area contributed by atoms with Crippen LogP contribution in [0, 0.1) is 0 Å². The van der Waals surface area contributed by atoms with Gasteiger partial charge in [0.05, 0.1) is 12.5 Å². The van der Waals surface area contributed by atoms with Gasteiger partial charge in [-0.3, -0.25) is 0 Å². The van der Waals surface area contributed by atoms with Crippen molar-refractivity contribution in [2.45, 2.75) is 19.3 Å². The summed E-state index contributed by atoms with van der Waals surface area (Å²) in [6.45, 7) is 1.11. The lowest BCUT2D eigenvalue weighted by atomic mass is 9.98. The Morgan fingerprint density at radius 1 is 1.44 bits per heavy atom. The predicted molar refractivity (Wildman–Crippen MR) is 69.8 cm³/mol. The van der Waals surface area contributed by atoms with Crippen molar-refractivity contribution in [3.05, 3.63) is 48.1 Å². The van der Waals surface area contributed by atoms with E-state index in [-0.39, 0.29) is 0 Å². The van der Waals surface area contributed by atoms with Crippen molar-refractivity contribution in [2.24, 2.45) is 0 Å². The number of likely N-dealkylation sites (tertiary alicyclic amines) is 1. The predicted octanol–water partition coefficient (Wildman–Crippen LogP) is 2.88. The summed E-state index contributed by atoms with van der Waals surface area (Å²) in [7, 11) is 2.15. The molecule has 2 aromatic rings. The van der Waals surface area contributed by atoms with Gasteiger partial charge in [0.2, 0.25) is 0 Å². The Morgan fingerprint density at radius 2 is 2.39 bits per heavy atom. The number of nitrogens with zero attached hydrogens (tertiary/aromatic N) is 2. The van der Waals surface area contributed by atoms with Crippen LogP contribution in [0.15, 0.2) is 41.1 Å². The van der Waals surface area contributed by atoms with E-state index in [1.165, 1.54) is 18.5 Å². The fourth-order valence-corrected chi connectivity index (χ4v) is 2.53. The van der Waals surface area contributed by atoms with Crippen molar-refractivity contribution in [1.29, 1.82) is 0 Å². The van der Waals surface area contributed by atoms with Crippen LogP contribution in [0.3, 0.4) is 0 Å². The van der Waals surface area contributed by atoms with Crippen LogP contribution >= 0.6 is 0 Å². The number of aromatic nitrogens is 2. The van der Waals surface area contributed by atoms with Crippen LogP contribution in [0.1, 0.15) is 30.7 Å². The molecule has 0 aliphatic carbocycles. The average Bonchev–Trinajstić information content (AvgIpc) is 3.05. The van der Waals surface area contributed by atoms with Crippen molar-refractivity contribution in [3.63, 3.8) is 0 Å². The zero-order valence-corrected chi connectivity index (χ0v) is 10.5. The van der Waals surface area contributed by atoms with E-state index in [1.807, 2.05) is 12.3 Å². The van der Waals surface area contributed by atoms with Crippen LogP contribution in [0.5, 0.6) is 0 Å². The number of furan rings is 1. The summed E-state index contributed by atoms with van der Waals surface area (Å²) in [6, 6.07) is 1.99. The molecular weight excluding hydrogens is 226 g/mol. The summed E-state index contributed by atoms with van der Waals surface area (Å²) in [6.07, 6.45) is 10.7. The van der Waals surface area contributed by atoms with Gasteiger partial charge in [-0.1, -0.05) is 0 Å². The van der Waals surface area contributed by atoms with Crippen LogP contribution in [-0.2, 0) is 0 Å². The molecule has 0 atom stereocenters. The van der Waals surface area contributed by atoms with E-state index in [0.717, 1.165) is 29.9 Å². The summed E-state index contributed by atoms with van der Waals surface area (Å²) in [4.78, 5) is 9.93. The third-order valence-electron chi connectivity index (χ3n) is 3.45. The van der Waals surface area contributed by atoms with Gasteiger partial charge in [0.15, 0.2) is 0 Å². The smallest absolute Gasteiger partial charge is 0.139 e. The van der Waals surface area contributed by atoms with E-state index >= 15 is 0 Å². The van der Waals surface area contributed by atoms with Crippen LogP contribution in [0.4, 0.5) is 0 Å². The Labute approximate surface area is 106 Å². The maximum atomic E-state index is 5.23. The minimum atomic E-state index is 0.917. The molecular formula is C14H17N3O. The topological polar surface area (TPSA) is 45.1 Å². The summed E-state index contributed by atoms with van der Waals surface area (Å²) in [5.41, 5.74) is 3.60. The Bertz CT molecular complexity index is 489. The molecule has 94 valence electrons. The second kappa shape index (κ2) is 4.72. The van der Waals surface area contributed by atoms with E-state index in [0.29, 0.717) is 0 Å². The third-order valence-corrected chi connectivity index (χ3v) is 3.45. The molecule has 1 N–H and O–H groups in total. The molecule has 3 rings (SSSR count). The maximum absolute atomic E-state index is 5.23. The number of piperidine rings is 1. The molecule has 0 bridgehead atoms. The van der Waals surface area contributed by atoms with Gasteiger partial charge in [-0.2, -0.15) is 0 Å². The van der Waals surface area contributed by atoms with E-state index in [9.17, 15) is 0 Å². The van der Waals surface area contributed by atoms with Crippen LogP contribution in [0.2, 0.25) is 0 Å². The number of H-pyrrole nitrogens is 1. The molecule has 2 aromatic heterocycles. The lowest BCUT2D eigenvalue weighted by Gasteiger charge is -2.29. The molecule has 1 saturated heterocycles. The number of allylic oxidation sites excluding steroid dienone is 1. The largest absolute Gasteiger partial charge is 0.472 e. The molecule has 0 saturated carbocycles. The normalized spacial score (nSPS) is 19.1. The number of rotatable bonds is 2. The van der Waals surface area contributed by atoms with E-state index in [4.69, 9.17) is 4.42 Å². The maximum Gasteiger partial charge on any atom is 0.139 e. The van der Waals surface area contributed by atoms with Crippen LogP contribution in [-0.4, -0.2) is 28.5 Å². The molecule has 1 aliphatic heterocycles. The van der Waals surface area contributed by atoms with Crippen molar-refractivity contribution >= 4 is 5.57 Å². The first-order valence-corrected chi connectivity index (χ1v) is 6.33. The summed E-state index contributed by atoms with van der Waals surface area (Å²) in [5.74, 6) is 0.917. The highest BCUT2D eigenvalue weighted by Gasteiger charge is 2.20. The van der Waals surface area contributed by atoms with Gasteiger partial charge in [-0.05, 0) is 25.3 Å². The Morgan fingerprint density at radius 3 is 3.06 bits per heavy atom. The highest BCUT2D eigenvalue weighted by molar-refractivity contribution is 5.78. The molecule has 0 unspecified atom stereocenters. The van der Waals surface area contributed by atoms with Crippen LogP contribution < -0.4 is 0 Å². The fraction of sp³-hybridized carbons (Fsp3) is 0.357. The van der Waals surface area contributed by atoms with E-state index in [2.05, 4.69) is 21.9 Å². The minimum absolute atomic E-state index is 0.917. The number of hydrogen-bond donors (Lipinski definition) is 1. The Balaban J connectivity index is 2.12. The SMILES string of the molecule is CN1CCCCC1=C(c1ccoc1)c1ncc[nH]1. The van der Waals surface area contributed by atoms with Gasteiger partial charge < -0.3 is 14.3 Å². The molecule has 0 aromatic carbocycles. The first-order valence-electron chi connectivity index (χ1n) is 6.33. The van der Waals surface area contributed by atoms with Crippen LogP contribution in [0.25, 0.3) is 5.57 Å². The lowest BCUT2D eigenvalue weighted by Crippen LogP contribution is -2.25. The third kappa shape index (κ3) is 1.94. The standard InChI is InChI=1S/C14H17N3O/c1-17-8-3-2-4-12(17)13(11-5-9-18-10-11)14-15-6-7-16-14/h5-7,9-10H,2-4,8H2,1H3,(H,15,16). The van der Waals surface area contributed by atoms with Gasteiger partial charge >= 0.3 is 0 Å². The minimum Gasteiger partial charge on any atom is -0.472 e. The van der Waals surface area contributed by atoms with Gasteiger partial charge in [0.1, 0.15) is 5.82 Å². The number of imidazole rings is 1. The zero-order chi connectivity index (χ0) is 12.4. The lowest BCUT2D eigenvalue weighted by molar-refractivity contribution is 0.347. The number of hydrogen-bond acceptors (Lipinski definition) is 3. The average molecular weight is 243 g/mol. The van der Waals surface area contributed by atoms with E-state index < -0.39 is 0 Å². The summed E-state index contributed by atoms with van der Waals surface area (Å²) >= 11 is 0. The molecule has 18 heavy (non-hydrogen) atoms. The monoisotopic (exact) mass is 243 g/mol. The molecule has 1 fully saturated rings. The van der Waals surface area contributed by atoms with Gasteiger partial charge in [-0.15, -0.1) is 0 Å². The van der Waals surface area contributed by atoms with E-state index in [1.54, 1.807) is 18.7 Å². The first kappa shape index (κ1) is 11.1. The highest BCUT2D eigenvalue weighted by Crippen LogP contribution is 2.31. The summed E-state index contributed by atoms with van der Waals surface area (Å²) < 4.78 is 5.23. The molecule has 0 radical (unpaired) electrons. The fourth-order valence-electron chi connectivity index (χ4n) is 2.53. The van der Waals surface area contributed by atoms with Crippen molar-refractivity contribution in [3.8, 4) is 0 Å². The van der Waals surface area contributed by atoms with Crippen molar-refractivity contribution < 1.29 is 4.42 Å². The molecule has 4 heteroatoms. The molecule has 3 heterocycles. The number of nitrogens with one attached hydrogen (secondary N) is 1. The summed E-state index contributed by atoms with van der Waals surface area (Å²) in [5, 5.41) is 0. The molecule has 1 aliphatic rings. The molecule has 0 amide bonds. The molecule has 4 nitrogen and oxygen atoms in total. The molecule has 0 spiro atoms. The van der Waals surface area contributed by atoms with Gasteiger partial charge in [0.25, 0.3) is 0 Å². The highest BCUT2D eigenvalue weighted by atomic mass is 16.3. The Kier molecular flexibility index (Phi) is 2.92. The van der Waals surface area contributed by atoms with Crippen molar-refractivity contribution in [2.75, 3.05) is 13.6 Å². The second-order valence-corrected chi connectivity index (χ2v) is 4.65. The van der Waals surface area contributed by atoms with Crippen molar-refractivity contribution in [1.82, 2.24) is 14.9 Å². The Hall–Kier alpha value is -1.97. The number of aromatic amines is 1. The quantitative estimate of drug-likeness (QED) is 0.882. The van der Waals surface area contributed by atoms with Gasteiger partial charge in [-0.25, -0.2) is 4.98 Å². The second-order valence-electron chi connectivity index (χ2n) is 4.65.